The molecule has 0 atom stereocenters. The van der Waals surface area contributed by atoms with Crippen molar-refractivity contribution in [2.24, 2.45) is 0 Å². The number of ether oxygens (including phenoxy) is 1. The average molecular weight is 252 g/mol. The maximum absolute atomic E-state index is 10.9. The lowest BCUT2D eigenvalue weighted by molar-refractivity contribution is -0.140. The zero-order chi connectivity index (χ0) is 13.5. The summed E-state index contributed by atoms with van der Waals surface area (Å²) in [6.07, 6.45) is 18.7. The van der Waals surface area contributed by atoms with Gasteiger partial charge in [-0.05, 0) is 32.1 Å². The zero-order valence-corrected chi connectivity index (χ0v) is 12.0. The van der Waals surface area contributed by atoms with Crippen molar-refractivity contribution in [3.05, 3.63) is 24.3 Å². The summed E-state index contributed by atoms with van der Waals surface area (Å²) in [5.41, 5.74) is 0. The predicted octanol–water partition coefficient (Wildman–Crippen LogP) is 4.80. The highest BCUT2D eigenvalue weighted by atomic mass is 16.5. The van der Waals surface area contributed by atoms with E-state index >= 15 is 0 Å². The van der Waals surface area contributed by atoms with Crippen LogP contribution in [-0.2, 0) is 9.53 Å². The number of hydrogen-bond donors (Lipinski definition) is 0. The molecule has 0 saturated heterocycles. The van der Waals surface area contributed by atoms with Gasteiger partial charge in [0.1, 0.15) is 0 Å². The third-order valence-corrected chi connectivity index (χ3v) is 2.82. The second kappa shape index (κ2) is 14.0. The van der Waals surface area contributed by atoms with Gasteiger partial charge < -0.3 is 4.74 Å². The predicted molar refractivity (Wildman–Crippen MR) is 77.5 cm³/mol. The van der Waals surface area contributed by atoms with Crippen LogP contribution in [0.3, 0.4) is 0 Å². The second-order valence-corrected chi connectivity index (χ2v) is 4.47. The maximum atomic E-state index is 10.9. The Morgan fingerprint density at radius 2 is 1.61 bits per heavy atom. The van der Waals surface area contributed by atoms with Crippen molar-refractivity contribution in [1.82, 2.24) is 0 Å². The molecule has 0 aliphatic heterocycles. The molecule has 0 spiro atoms. The number of unbranched alkanes of at least 4 members (excludes halogenated alkanes) is 5. The normalized spacial score (nSPS) is 11.4. The number of carbonyl (C=O) groups is 1. The molecule has 0 radical (unpaired) electrons. The largest absolute Gasteiger partial charge is 0.469 e. The summed E-state index contributed by atoms with van der Waals surface area (Å²) in [5, 5.41) is 0. The van der Waals surface area contributed by atoms with Crippen LogP contribution in [0.1, 0.15) is 64.7 Å². The van der Waals surface area contributed by atoms with Crippen molar-refractivity contribution in [2.75, 3.05) is 7.11 Å². The van der Waals surface area contributed by atoms with Gasteiger partial charge >= 0.3 is 5.97 Å². The molecule has 0 aliphatic carbocycles. The van der Waals surface area contributed by atoms with Gasteiger partial charge in [-0.2, -0.15) is 0 Å². The molecule has 0 N–H and O–H groups in total. The molecule has 2 heteroatoms. The minimum absolute atomic E-state index is 0.0851. The molecular formula is C16H28O2. The summed E-state index contributed by atoms with van der Waals surface area (Å²) < 4.78 is 4.60. The van der Waals surface area contributed by atoms with Crippen LogP contribution in [0.4, 0.5) is 0 Å². The van der Waals surface area contributed by atoms with Crippen LogP contribution in [-0.4, -0.2) is 13.1 Å². The second-order valence-electron chi connectivity index (χ2n) is 4.47. The third-order valence-electron chi connectivity index (χ3n) is 2.82. The molecule has 0 aromatic carbocycles. The topological polar surface area (TPSA) is 26.3 Å². The molecule has 0 aliphatic rings. The molecule has 18 heavy (non-hydrogen) atoms. The summed E-state index contributed by atoms with van der Waals surface area (Å²) in [6.45, 7) is 2.15. The Hall–Kier alpha value is -1.05. The van der Waals surface area contributed by atoms with Gasteiger partial charge in [0.2, 0.25) is 0 Å². The quantitative estimate of drug-likeness (QED) is 0.300. The summed E-state index contributed by atoms with van der Waals surface area (Å²) >= 11 is 0. The lowest BCUT2D eigenvalue weighted by atomic mass is 10.1. The van der Waals surface area contributed by atoms with Gasteiger partial charge in [-0.1, -0.05) is 50.5 Å². The first-order valence-corrected chi connectivity index (χ1v) is 7.18. The van der Waals surface area contributed by atoms with Crippen LogP contribution in [0.2, 0.25) is 0 Å². The van der Waals surface area contributed by atoms with Gasteiger partial charge in [-0.3, -0.25) is 4.79 Å². The fraction of sp³-hybridized carbons (Fsp3) is 0.688. The summed E-state index contributed by atoms with van der Waals surface area (Å²) in [6, 6.07) is 0. The maximum Gasteiger partial charge on any atom is 0.305 e. The van der Waals surface area contributed by atoms with E-state index in [2.05, 4.69) is 36.0 Å². The van der Waals surface area contributed by atoms with E-state index in [0.29, 0.717) is 6.42 Å². The fourth-order valence-corrected chi connectivity index (χ4v) is 1.72. The van der Waals surface area contributed by atoms with Crippen molar-refractivity contribution >= 4 is 5.97 Å². The van der Waals surface area contributed by atoms with Crippen molar-refractivity contribution in [1.29, 1.82) is 0 Å². The van der Waals surface area contributed by atoms with Crippen LogP contribution in [0.25, 0.3) is 0 Å². The van der Waals surface area contributed by atoms with Gasteiger partial charge in [-0.15, -0.1) is 0 Å². The van der Waals surface area contributed by atoms with Gasteiger partial charge in [0.25, 0.3) is 0 Å². The lowest BCUT2D eigenvalue weighted by Crippen LogP contribution is -1.98. The van der Waals surface area contributed by atoms with Crippen molar-refractivity contribution < 1.29 is 9.53 Å². The van der Waals surface area contributed by atoms with E-state index in [0.717, 1.165) is 25.7 Å². The minimum atomic E-state index is -0.0851. The molecule has 2 nitrogen and oxygen atoms in total. The number of carbonyl (C=O) groups excluding carboxylic acids is 1. The molecule has 0 heterocycles. The van der Waals surface area contributed by atoms with Gasteiger partial charge in [0.15, 0.2) is 0 Å². The van der Waals surface area contributed by atoms with Gasteiger partial charge in [0.05, 0.1) is 7.11 Å². The minimum Gasteiger partial charge on any atom is -0.469 e. The Morgan fingerprint density at radius 3 is 2.33 bits per heavy atom. The van der Waals surface area contributed by atoms with Crippen LogP contribution in [0, 0.1) is 0 Å². The Bertz CT molecular complexity index is 241. The van der Waals surface area contributed by atoms with E-state index in [-0.39, 0.29) is 5.97 Å². The highest BCUT2D eigenvalue weighted by Gasteiger charge is 1.98. The summed E-state index contributed by atoms with van der Waals surface area (Å²) in [4.78, 5) is 10.9. The molecule has 0 saturated carbocycles. The summed E-state index contributed by atoms with van der Waals surface area (Å²) in [7, 11) is 1.45. The first kappa shape index (κ1) is 16.9. The van der Waals surface area contributed by atoms with Gasteiger partial charge in [-0.25, -0.2) is 0 Å². The molecular weight excluding hydrogens is 224 g/mol. The Balaban J connectivity index is 3.16. The first-order chi connectivity index (χ1) is 8.81. The standard InChI is InChI=1S/C16H28O2/c1-3-4-5-6-7-8-9-10-11-12-13-14-15-16(17)18-2/h4-5,7-8H,3,6,9-15H2,1-2H3. The molecule has 0 aromatic heterocycles. The smallest absolute Gasteiger partial charge is 0.305 e. The lowest BCUT2D eigenvalue weighted by Gasteiger charge is -1.99. The van der Waals surface area contributed by atoms with E-state index in [1.807, 2.05) is 0 Å². The molecule has 104 valence electrons. The third kappa shape index (κ3) is 13.0. The molecule has 0 rings (SSSR count). The van der Waals surface area contributed by atoms with E-state index in [1.54, 1.807) is 0 Å². The molecule has 0 aromatic rings. The highest BCUT2D eigenvalue weighted by molar-refractivity contribution is 5.68. The summed E-state index contributed by atoms with van der Waals surface area (Å²) in [5.74, 6) is -0.0851. The van der Waals surface area contributed by atoms with E-state index in [4.69, 9.17) is 0 Å². The fourth-order valence-electron chi connectivity index (χ4n) is 1.72. The van der Waals surface area contributed by atoms with Crippen LogP contribution < -0.4 is 0 Å². The number of hydrogen-bond acceptors (Lipinski definition) is 2. The van der Waals surface area contributed by atoms with E-state index < -0.39 is 0 Å². The molecule has 0 unspecified atom stereocenters. The monoisotopic (exact) mass is 252 g/mol. The Kier molecular flexibility index (Phi) is 13.2. The number of allylic oxidation sites excluding steroid dienone is 4. The Labute approximate surface area is 112 Å². The molecule has 0 amide bonds. The van der Waals surface area contributed by atoms with Crippen LogP contribution in [0.5, 0.6) is 0 Å². The number of rotatable bonds is 11. The van der Waals surface area contributed by atoms with Crippen molar-refractivity contribution in [2.45, 2.75) is 64.7 Å². The molecule has 0 bridgehead atoms. The van der Waals surface area contributed by atoms with Crippen LogP contribution in [0.15, 0.2) is 24.3 Å². The van der Waals surface area contributed by atoms with Crippen LogP contribution >= 0.6 is 0 Å². The van der Waals surface area contributed by atoms with Gasteiger partial charge in [0, 0.05) is 6.42 Å². The zero-order valence-electron chi connectivity index (χ0n) is 12.0. The Morgan fingerprint density at radius 1 is 0.944 bits per heavy atom. The number of methoxy groups -OCH3 is 1. The SMILES string of the molecule is CCC=CCC=CCCCCCCCC(=O)OC. The van der Waals surface area contributed by atoms with Crippen molar-refractivity contribution in [3.8, 4) is 0 Å². The molecule has 0 fully saturated rings. The number of esters is 1. The van der Waals surface area contributed by atoms with Crippen molar-refractivity contribution in [3.63, 3.8) is 0 Å². The first-order valence-electron chi connectivity index (χ1n) is 7.18. The van der Waals surface area contributed by atoms with E-state index in [9.17, 15) is 4.79 Å². The van der Waals surface area contributed by atoms with E-state index in [1.165, 1.54) is 32.8 Å². The average Bonchev–Trinajstić information content (AvgIpc) is 2.39. The highest BCUT2D eigenvalue weighted by Crippen LogP contribution is 2.08.